The van der Waals surface area contributed by atoms with Crippen LogP contribution in [0.5, 0.6) is 0 Å². The van der Waals surface area contributed by atoms with E-state index in [0.717, 1.165) is 11.3 Å². The maximum atomic E-state index is 13.3. The highest BCUT2D eigenvalue weighted by Gasteiger charge is 2.24. The maximum Gasteiger partial charge on any atom is 0.327 e. The number of halogens is 2. The molecule has 2 heterocycles. The molecule has 0 spiro atoms. The van der Waals surface area contributed by atoms with Crippen molar-refractivity contribution in [2.45, 2.75) is 17.5 Å². The van der Waals surface area contributed by atoms with Crippen molar-refractivity contribution < 1.29 is 22.4 Å². The number of sulfone groups is 1. The van der Waals surface area contributed by atoms with Crippen LogP contribution < -0.4 is 10.6 Å². The molecule has 3 aromatic rings. The third-order valence-corrected chi connectivity index (χ3v) is 8.13. The number of aromatic nitrogens is 1. The fourth-order valence-electron chi connectivity index (χ4n) is 3.45. The Kier molecular flexibility index (Phi) is 6.94. The third kappa shape index (κ3) is 5.67. The van der Waals surface area contributed by atoms with Crippen molar-refractivity contribution in [1.29, 1.82) is 0 Å². The number of nitrogens with one attached hydrogen (secondary N) is 2. The van der Waals surface area contributed by atoms with E-state index in [1.54, 1.807) is 23.1 Å². The number of carbonyl (C=O) groups excluding carboxylic acids is 2. The van der Waals surface area contributed by atoms with Gasteiger partial charge in [-0.2, -0.15) is 0 Å². The number of urea groups is 1. The number of thiazole rings is 1. The molecule has 1 fully saturated rings. The summed E-state index contributed by atoms with van der Waals surface area (Å²) in [5, 5.41) is 5.07. The molecule has 1 saturated heterocycles. The Morgan fingerprint density at radius 3 is 2.76 bits per heavy atom. The summed E-state index contributed by atoms with van der Waals surface area (Å²) in [5.74, 6) is -0.772. The lowest BCUT2D eigenvalue weighted by Crippen LogP contribution is -2.34. The van der Waals surface area contributed by atoms with Crippen molar-refractivity contribution in [3.8, 4) is 0 Å². The Balaban J connectivity index is 1.41. The van der Waals surface area contributed by atoms with Gasteiger partial charge in [-0.05, 0) is 36.8 Å². The van der Waals surface area contributed by atoms with Crippen LogP contribution in [0, 0.1) is 0 Å². The van der Waals surface area contributed by atoms with Gasteiger partial charge >= 0.3 is 6.03 Å². The van der Waals surface area contributed by atoms with Crippen molar-refractivity contribution in [1.82, 2.24) is 15.2 Å². The lowest BCUT2D eigenvalue weighted by atomic mass is 10.2. The number of carbonyl (C=O) groups is 2. The van der Waals surface area contributed by atoms with Crippen LogP contribution in [0.3, 0.4) is 0 Å². The van der Waals surface area contributed by atoms with E-state index in [1.807, 2.05) is 0 Å². The zero-order valence-corrected chi connectivity index (χ0v) is 19.6. The van der Waals surface area contributed by atoms with E-state index < -0.39 is 27.9 Å². The van der Waals surface area contributed by atoms with E-state index in [2.05, 4.69) is 15.6 Å². The number of benzene rings is 2. The van der Waals surface area contributed by atoms with E-state index >= 15 is 0 Å². The fourth-order valence-corrected chi connectivity index (χ4v) is 5.96. The highest BCUT2D eigenvalue weighted by Crippen LogP contribution is 2.28. The summed E-state index contributed by atoms with van der Waals surface area (Å²) >= 11 is 7.04. The van der Waals surface area contributed by atoms with E-state index in [4.69, 9.17) is 11.6 Å². The van der Waals surface area contributed by atoms with Crippen molar-refractivity contribution >= 4 is 60.1 Å². The minimum Gasteiger partial charge on any atom is -0.299 e. The molecule has 3 amide bonds. The Bertz CT molecular complexity index is 1310. The van der Waals surface area contributed by atoms with Gasteiger partial charge in [0.1, 0.15) is 6.17 Å². The Labute approximate surface area is 198 Å². The number of hydrogen-bond donors (Lipinski definition) is 2. The number of hydrogen-bond acceptors (Lipinski definition) is 7. The average Bonchev–Trinajstić information content (AvgIpc) is 3.37. The summed E-state index contributed by atoms with van der Waals surface area (Å²) < 4.78 is 39.3. The second kappa shape index (κ2) is 9.72. The molecule has 1 aliphatic rings. The number of likely N-dealkylation sites (tertiary alicyclic amines) is 1. The molecule has 8 nitrogen and oxygen atoms in total. The molecule has 2 N–H and O–H groups in total. The molecule has 0 saturated carbocycles. The Morgan fingerprint density at radius 1 is 1.24 bits per heavy atom. The molecule has 4 rings (SSSR count). The number of alkyl halides is 1. The smallest absolute Gasteiger partial charge is 0.299 e. The summed E-state index contributed by atoms with van der Waals surface area (Å²) in [7, 11) is -3.56. The van der Waals surface area contributed by atoms with E-state index in [-0.39, 0.29) is 39.5 Å². The van der Waals surface area contributed by atoms with Crippen molar-refractivity contribution in [2.24, 2.45) is 0 Å². The largest absolute Gasteiger partial charge is 0.327 e. The second-order valence-corrected chi connectivity index (χ2v) is 11.1. The van der Waals surface area contributed by atoms with Crippen LogP contribution in [0.25, 0.3) is 10.2 Å². The standard InChI is InChI=1S/C21H20ClFN4O4S2/c22-16-4-2-1-3-15(16)19(28)25-20(29)26-21-24-17-6-5-14(11-18(17)32-21)33(30,31)10-9-27-8-7-13(23)12-27/h1-6,11,13H,7-10,12H2,(H2,24,25,26,28,29). The van der Waals surface area contributed by atoms with Gasteiger partial charge in [0.2, 0.25) is 0 Å². The first-order chi connectivity index (χ1) is 15.7. The van der Waals surface area contributed by atoms with Gasteiger partial charge in [-0.3, -0.25) is 20.3 Å². The Morgan fingerprint density at radius 2 is 2.03 bits per heavy atom. The number of rotatable bonds is 6. The van der Waals surface area contributed by atoms with E-state index in [0.29, 0.717) is 23.2 Å². The highest BCUT2D eigenvalue weighted by atomic mass is 35.5. The first-order valence-corrected chi connectivity index (χ1v) is 12.9. The van der Waals surface area contributed by atoms with Gasteiger partial charge in [0.15, 0.2) is 15.0 Å². The lowest BCUT2D eigenvalue weighted by Gasteiger charge is -2.14. The van der Waals surface area contributed by atoms with Crippen molar-refractivity contribution in [3.63, 3.8) is 0 Å². The minimum absolute atomic E-state index is 0.109. The molecule has 0 radical (unpaired) electrons. The van der Waals surface area contributed by atoms with Gasteiger partial charge in [-0.25, -0.2) is 22.6 Å². The number of fused-ring (bicyclic) bond motifs is 1. The molecule has 174 valence electrons. The SMILES string of the molecule is O=C(NC(=O)c1ccccc1Cl)Nc1nc2ccc(S(=O)(=O)CCN3CCC(F)C3)cc2s1. The maximum absolute atomic E-state index is 13.3. The predicted octanol–water partition coefficient (Wildman–Crippen LogP) is 3.73. The number of amides is 3. The fraction of sp³-hybridized carbons (Fsp3) is 0.286. The number of imide groups is 1. The van der Waals surface area contributed by atoms with E-state index in [9.17, 15) is 22.4 Å². The summed E-state index contributed by atoms with van der Waals surface area (Å²) in [4.78, 5) is 30.6. The van der Waals surface area contributed by atoms with E-state index in [1.165, 1.54) is 24.3 Å². The van der Waals surface area contributed by atoms with Crippen LogP contribution in [-0.2, 0) is 9.84 Å². The lowest BCUT2D eigenvalue weighted by molar-refractivity contribution is 0.0967. The van der Waals surface area contributed by atoms with Gasteiger partial charge in [-0.1, -0.05) is 35.1 Å². The molecule has 33 heavy (non-hydrogen) atoms. The van der Waals surface area contributed by atoms with Crippen LogP contribution in [0.1, 0.15) is 16.8 Å². The molecule has 12 heteroatoms. The Hall–Kier alpha value is -2.60. The zero-order chi connectivity index (χ0) is 23.6. The van der Waals surface area contributed by atoms with Gasteiger partial charge in [0, 0.05) is 19.6 Å². The van der Waals surface area contributed by atoms with Gasteiger partial charge in [0.05, 0.1) is 31.5 Å². The first-order valence-electron chi connectivity index (χ1n) is 10.1. The summed E-state index contributed by atoms with van der Waals surface area (Å²) in [5.41, 5.74) is 0.663. The normalized spacial score (nSPS) is 16.7. The van der Waals surface area contributed by atoms with Gasteiger partial charge < -0.3 is 0 Å². The third-order valence-electron chi connectivity index (χ3n) is 5.18. The van der Waals surface area contributed by atoms with Crippen LogP contribution in [0.4, 0.5) is 14.3 Å². The van der Waals surface area contributed by atoms with Gasteiger partial charge in [-0.15, -0.1) is 0 Å². The number of anilines is 1. The van der Waals surface area contributed by atoms with Crippen LogP contribution in [-0.4, -0.2) is 61.8 Å². The van der Waals surface area contributed by atoms with Gasteiger partial charge in [0.25, 0.3) is 5.91 Å². The molecule has 1 atom stereocenters. The summed E-state index contributed by atoms with van der Waals surface area (Å²) in [6.07, 6.45) is -0.468. The summed E-state index contributed by atoms with van der Waals surface area (Å²) in [6, 6.07) is 10.1. The molecule has 1 unspecified atom stereocenters. The molecule has 1 aromatic heterocycles. The van der Waals surface area contributed by atoms with Crippen LogP contribution in [0.2, 0.25) is 5.02 Å². The minimum atomic E-state index is -3.56. The van der Waals surface area contributed by atoms with Crippen molar-refractivity contribution in [2.75, 3.05) is 30.7 Å². The average molecular weight is 511 g/mol. The topological polar surface area (TPSA) is 108 Å². The molecular formula is C21H20ClFN4O4S2. The second-order valence-electron chi connectivity index (χ2n) is 7.54. The molecule has 0 aliphatic carbocycles. The highest BCUT2D eigenvalue weighted by molar-refractivity contribution is 7.91. The van der Waals surface area contributed by atoms with Crippen LogP contribution >= 0.6 is 22.9 Å². The first kappa shape index (κ1) is 23.6. The quantitative estimate of drug-likeness (QED) is 0.523. The molecule has 1 aliphatic heterocycles. The zero-order valence-electron chi connectivity index (χ0n) is 17.3. The summed E-state index contributed by atoms with van der Waals surface area (Å²) in [6.45, 7) is 1.09. The molecular weight excluding hydrogens is 491 g/mol. The molecule has 0 bridgehead atoms. The molecule has 2 aromatic carbocycles. The van der Waals surface area contributed by atoms with Crippen molar-refractivity contribution in [3.05, 3.63) is 53.1 Å². The predicted molar refractivity (Wildman–Crippen MR) is 126 cm³/mol. The van der Waals surface area contributed by atoms with Crippen LogP contribution in [0.15, 0.2) is 47.4 Å². The number of nitrogens with zero attached hydrogens (tertiary/aromatic N) is 2. The monoisotopic (exact) mass is 510 g/mol.